The fourth-order valence-electron chi connectivity index (χ4n) is 2.31. The van der Waals surface area contributed by atoms with Crippen molar-refractivity contribution in [3.05, 3.63) is 29.6 Å². The molecule has 0 aliphatic carbocycles. The molecule has 0 spiro atoms. The molecule has 1 heterocycles. The number of amides is 2. The average molecular weight is 309 g/mol. The first kappa shape index (κ1) is 16.2. The van der Waals surface area contributed by atoms with Crippen molar-refractivity contribution in [2.24, 2.45) is 0 Å². The summed E-state index contributed by atoms with van der Waals surface area (Å²) in [6.45, 7) is 1.93. The molecule has 0 radical (unpaired) electrons. The van der Waals surface area contributed by atoms with E-state index in [1.54, 1.807) is 18.0 Å². The highest BCUT2D eigenvalue weighted by Crippen LogP contribution is 2.18. The summed E-state index contributed by atoms with van der Waals surface area (Å²) in [7, 11) is 3.07. The number of halogens is 1. The minimum atomic E-state index is -0.450. The van der Waals surface area contributed by atoms with E-state index in [1.165, 1.54) is 24.1 Å². The summed E-state index contributed by atoms with van der Waals surface area (Å²) in [5.74, 6) is -0.449. The van der Waals surface area contributed by atoms with Crippen LogP contribution in [0.15, 0.2) is 18.2 Å². The molecule has 22 heavy (non-hydrogen) atoms. The van der Waals surface area contributed by atoms with Crippen LogP contribution in [0.2, 0.25) is 0 Å². The van der Waals surface area contributed by atoms with Crippen LogP contribution in [-0.2, 0) is 16.1 Å². The summed E-state index contributed by atoms with van der Waals surface area (Å²) in [5.41, 5.74) is 0.686. The Kier molecular flexibility index (Phi) is 5.32. The Morgan fingerprint density at radius 3 is 2.91 bits per heavy atom. The number of likely N-dealkylation sites (N-methyl/N-ethyl adjacent to an activating group) is 1. The van der Waals surface area contributed by atoms with Crippen molar-refractivity contribution in [3.63, 3.8) is 0 Å². The van der Waals surface area contributed by atoms with E-state index in [2.05, 4.69) is 5.32 Å². The van der Waals surface area contributed by atoms with E-state index in [0.29, 0.717) is 25.2 Å². The highest BCUT2D eigenvalue weighted by Gasteiger charge is 2.20. The number of nitrogens with one attached hydrogen (secondary N) is 1. The maximum absolute atomic E-state index is 13.6. The fourth-order valence-corrected chi connectivity index (χ4v) is 2.31. The third-order valence-electron chi connectivity index (χ3n) is 3.54. The monoisotopic (exact) mass is 309 g/mol. The Bertz CT molecular complexity index is 565. The number of benzene rings is 1. The Morgan fingerprint density at radius 1 is 1.50 bits per heavy atom. The van der Waals surface area contributed by atoms with Gasteiger partial charge in [-0.2, -0.15) is 0 Å². The van der Waals surface area contributed by atoms with Gasteiger partial charge in [-0.15, -0.1) is 0 Å². The molecule has 1 saturated heterocycles. The summed E-state index contributed by atoms with van der Waals surface area (Å²) in [6.07, 6.45) is 0. The number of nitrogens with zero attached hydrogens (tertiary/aromatic N) is 2. The molecule has 1 aliphatic heterocycles. The van der Waals surface area contributed by atoms with Crippen LogP contribution in [0.1, 0.15) is 5.56 Å². The number of piperazine rings is 1. The van der Waals surface area contributed by atoms with Crippen LogP contribution in [0, 0.1) is 5.82 Å². The summed E-state index contributed by atoms with van der Waals surface area (Å²) in [6, 6.07) is 4.62. The molecular formula is C15H20FN3O3. The van der Waals surface area contributed by atoms with Crippen molar-refractivity contribution in [1.29, 1.82) is 0 Å². The van der Waals surface area contributed by atoms with E-state index in [9.17, 15) is 14.0 Å². The van der Waals surface area contributed by atoms with Gasteiger partial charge in [0.15, 0.2) is 11.6 Å². The molecule has 2 rings (SSSR count). The minimum Gasteiger partial charge on any atom is -0.494 e. The third kappa shape index (κ3) is 4.17. The highest BCUT2D eigenvalue weighted by molar-refractivity contribution is 5.81. The van der Waals surface area contributed by atoms with Gasteiger partial charge in [-0.05, 0) is 17.7 Å². The lowest BCUT2D eigenvalue weighted by Crippen LogP contribution is -2.50. The predicted molar refractivity (Wildman–Crippen MR) is 78.9 cm³/mol. The molecule has 1 aromatic carbocycles. The second-order valence-corrected chi connectivity index (χ2v) is 5.28. The molecule has 1 aliphatic rings. The van der Waals surface area contributed by atoms with Gasteiger partial charge in [0.1, 0.15) is 0 Å². The quantitative estimate of drug-likeness (QED) is 0.845. The molecule has 0 aromatic heterocycles. The van der Waals surface area contributed by atoms with Crippen molar-refractivity contribution >= 4 is 11.8 Å². The topological polar surface area (TPSA) is 61.9 Å². The van der Waals surface area contributed by atoms with Crippen molar-refractivity contribution in [1.82, 2.24) is 15.1 Å². The van der Waals surface area contributed by atoms with Crippen LogP contribution in [0.3, 0.4) is 0 Å². The van der Waals surface area contributed by atoms with Gasteiger partial charge in [0, 0.05) is 26.7 Å². The molecule has 0 unspecified atom stereocenters. The van der Waals surface area contributed by atoms with Gasteiger partial charge in [-0.1, -0.05) is 6.07 Å². The van der Waals surface area contributed by atoms with E-state index in [0.717, 1.165) is 0 Å². The number of methoxy groups -OCH3 is 1. The Balaban J connectivity index is 1.90. The Morgan fingerprint density at radius 2 is 2.27 bits per heavy atom. The minimum absolute atomic E-state index is 0.0704. The zero-order valence-corrected chi connectivity index (χ0v) is 12.8. The van der Waals surface area contributed by atoms with Gasteiger partial charge in [-0.25, -0.2) is 4.39 Å². The fraction of sp³-hybridized carbons (Fsp3) is 0.467. The van der Waals surface area contributed by atoms with Crippen molar-refractivity contribution in [2.45, 2.75) is 6.54 Å². The van der Waals surface area contributed by atoms with Gasteiger partial charge in [0.25, 0.3) is 0 Å². The molecule has 6 nitrogen and oxygen atoms in total. The first-order valence-corrected chi connectivity index (χ1v) is 7.05. The van der Waals surface area contributed by atoms with Crippen LogP contribution < -0.4 is 10.1 Å². The van der Waals surface area contributed by atoms with Crippen LogP contribution >= 0.6 is 0 Å². The largest absolute Gasteiger partial charge is 0.494 e. The van der Waals surface area contributed by atoms with Crippen molar-refractivity contribution in [2.75, 3.05) is 40.3 Å². The van der Waals surface area contributed by atoms with Crippen LogP contribution in [0.4, 0.5) is 4.39 Å². The number of ether oxygens (including phenoxy) is 1. The molecule has 2 amide bonds. The van der Waals surface area contributed by atoms with E-state index >= 15 is 0 Å². The first-order valence-electron chi connectivity index (χ1n) is 7.05. The summed E-state index contributed by atoms with van der Waals surface area (Å²) >= 11 is 0. The predicted octanol–water partition coefficient (Wildman–Crippen LogP) is 0.225. The SMILES string of the molecule is COc1ccc(CN(C)C(=O)CN2CCNC(=O)C2)cc1F. The lowest BCUT2D eigenvalue weighted by Gasteiger charge is -2.28. The lowest BCUT2D eigenvalue weighted by atomic mass is 10.2. The zero-order chi connectivity index (χ0) is 16.1. The van der Waals surface area contributed by atoms with Crippen LogP contribution in [0.5, 0.6) is 5.75 Å². The van der Waals surface area contributed by atoms with E-state index < -0.39 is 5.82 Å². The number of carbonyl (C=O) groups excluding carboxylic acids is 2. The molecule has 0 saturated carbocycles. The molecule has 1 N–H and O–H groups in total. The third-order valence-corrected chi connectivity index (χ3v) is 3.54. The molecule has 120 valence electrons. The number of hydrogen-bond acceptors (Lipinski definition) is 4. The first-order chi connectivity index (χ1) is 10.5. The summed E-state index contributed by atoms with van der Waals surface area (Å²) < 4.78 is 18.5. The Hall–Kier alpha value is -2.15. The summed E-state index contributed by atoms with van der Waals surface area (Å²) in [5, 5.41) is 2.71. The Labute approximate surface area is 128 Å². The second-order valence-electron chi connectivity index (χ2n) is 5.28. The molecule has 0 bridgehead atoms. The molecular weight excluding hydrogens is 289 g/mol. The molecule has 1 fully saturated rings. The number of hydrogen-bond donors (Lipinski definition) is 1. The van der Waals surface area contributed by atoms with Crippen molar-refractivity contribution in [3.8, 4) is 5.75 Å². The van der Waals surface area contributed by atoms with Gasteiger partial charge >= 0.3 is 0 Å². The molecule has 0 atom stereocenters. The number of rotatable bonds is 5. The lowest BCUT2D eigenvalue weighted by molar-refractivity contribution is -0.133. The smallest absolute Gasteiger partial charge is 0.236 e. The molecule has 1 aromatic rings. The molecule has 7 heteroatoms. The van der Waals surface area contributed by atoms with Gasteiger partial charge < -0.3 is 15.0 Å². The van der Waals surface area contributed by atoms with Crippen LogP contribution in [0.25, 0.3) is 0 Å². The van der Waals surface area contributed by atoms with Gasteiger partial charge in [0.2, 0.25) is 11.8 Å². The zero-order valence-electron chi connectivity index (χ0n) is 12.8. The van der Waals surface area contributed by atoms with Crippen molar-refractivity contribution < 1.29 is 18.7 Å². The maximum Gasteiger partial charge on any atom is 0.236 e. The average Bonchev–Trinajstić information content (AvgIpc) is 2.47. The van der Waals surface area contributed by atoms with Crippen LogP contribution in [-0.4, -0.2) is 62.0 Å². The highest BCUT2D eigenvalue weighted by atomic mass is 19.1. The van der Waals surface area contributed by atoms with E-state index in [1.807, 2.05) is 0 Å². The normalized spacial score (nSPS) is 15.3. The standard InChI is InChI=1S/C15H20FN3O3/c1-18(8-11-3-4-13(22-2)12(16)7-11)15(21)10-19-6-5-17-14(20)9-19/h3-4,7H,5-6,8-10H2,1-2H3,(H,17,20). The summed E-state index contributed by atoms with van der Waals surface area (Å²) in [4.78, 5) is 26.8. The van der Waals surface area contributed by atoms with Gasteiger partial charge in [0.05, 0.1) is 20.2 Å². The number of carbonyl (C=O) groups is 2. The maximum atomic E-state index is 13.6. The second kappa shape index (κ2) is 7.22. The van der Waals surface area contributed by atoms with Gasteiger partial charge in [-0.3, -0.25) is 14.5 Å². The van der Waals surface area contributed by atoms with E-state index in [-0.39, 0.29) is 30.7 Å². The van der Waals surface area contributed by atoms with E-state index in [4.69, 9.17) is 4.74 Å².